The van der Waals surface area contributed by atoms with Crippen LogP contribution in [0.1, 0.15) is 25.3 Å². The van der Waals surface area contributed by atoms with Crippen molar-refractivity contribution in [3.05, 3.63) is 35.9 Å². The van der Waals surface area contributed by atoms with Crippen molar-refractivity contribution in [3.63, 3.8) is 0 Å². The lowest BCUT2D eigenvalue weighted by molar-refractivity contribution is -0.149. The lowest BCUT2D eigenvalue weighted by atomic mass is 10.2. The van der Waals surface area contributed by atoms with Gasteiger partial charge in [0, 0.05) is 23.6 Å². The molecule has 1 heterocycles. The molecule has 1 saturated heterocycles. The van der Waals surface area contributed by atoms with Crippen molar-refractivity contribution in [1.82, 2.24) is 4.90 Å². The van der Waals surface area contributed by atoms with E-state index in [2.05, 4.69) is 0 Å². The summed E-state index contributed by atoms with van der Waals surface area (Å²) in [6.07, 6.45) is 6.05. The molecule has 8 heteroatoms. The molecule has 2 rings (SSSR count). The van der Waals surface area contributed by atoms with E-state index in [1.54, 1.807) is 17.8 Å². The van der Waals surface area contributed by atoms with Crippen molar-refractivity contribution in [1.29, 1.82) is 0 Å². The molecule has 27 heavy (non-hydrogen) atoms. The van der Waals surface area contributed by atoms with Gasteiger partial charge in [-0.3, -0.25) is 4.79 Å². The summed E-state index contributed by atoms with van der Waals surface area (Å²) in [6, 6.07) is 7.37. The standard InChI is InChI=1S/C19H25NO5S2/c1-3-11-20(16-10-12-27(23,24)14-16)18(21)13-25-19(22)9-6-15-4-7-17(26-2)8-5-15/h4-9,16H,3,10-14H2,1-2H3/b9-6+/t16-/m0/s1. The fraction of sp³-hybridized carbons (Fsp3) is 0.474. The maximum atomic E-state index is 12.4. The maximum absolute atomic E-state index is 12.4. The van der Waals surface area contributed by atoms with E-state index in [0.717, 1.165) is 10.5 Å². The molecular formula is C19H25NO5S2. The van der Waals surface area contributed by atoms with E-state index in [1.807, 2.05) is 37.4 Å². The fourth-order valence-corrected chi connectivity index (χ4v) is 5.06. The highest BCUT2D eigenvalue weighted by molar-refractivity contribution is 7.98. The first-order valence-corrected chi connectivity index (χ1v) is 11.9. The smallest absolute Gasteiger partial charge is 0.331 e. The van der Waals surface area contributed by atoms with Gasteiger partial charge in [0.15, 0.2) is 16.4 Å². The highest BCUT2D eigenvalue weighted by Gasteiger charge is 2.34. The number of carbonyl (C=O) groups is 2. The quantitative estimate of drug-likeness (QED) is 0.371. The Morgan fingerprint density at radius 2 is 2.00 bits per heavy atom. The minimum absolute atomic E-state index is 0.0152. The van der Waals surface area contributed by atoms with Crippen LogP contribution in [0, 0.1) is 0 Å². The molecule has 1 fully saturated rings. The fourth-order valence-electron chi connectivity index (χ4n) is 2.92. The van der Waals surface area contributed by atoms with Gasteiger partial charge in [-0.15, -0.1) is 11.8 Å². The van der Waals surface area contributed by atoms with Crippen molar-refractivity contribution in [2.75, 3.05) is 30.9 Å². The first-order valence-electron chi connectivity index (χ1n) is 8.83. The van der Waals surface area contributed by atoms with E-state index in [1.165, 1.54) is 11.0 Å². The van der Waals surface area contributed by atoms with Gasteiger partial charge in [0.1, 0.15) is 0 Å². The van der Waals surface area contributed by atoms with E-state index < -0.39 is 15.8 Å². The molecule has 0 saturated carbocycles. The molecule has 1 atom stereocenters. The van der Waals surface area contributed by atoms with E-state index >= 15 is 0 Å². The average Bonchev–Trinajstić information content (AvgIpc) is 3.02. The monoisotopic (exact) mass is 411 g/mol. The van der Waals surface area contributed by atoms with Crippen LogP contribution < -0.4 is 0 Å². The Morgan fingerprint density at radius 1 is 1.30 bits per heavy atom. The number of hydrogen-bond donors (Lipinski definition) is 0. The summed E-state index contributed by atoms with van der Waals surface area (Å²) in [4.78, 5) is 26.9. The number of hydrogen-bond acceptors (Lipinski definition) is 6. The number of sulfone groups is 1. The van der Waals surface area contributed by atoms with Gasteiger partial charge in [0.2, 0.25) is 0 Å². The predicted molar refractivity (Wildman–Crippen MR) is 107 cm³/mol. The second kappa shape index (κ2) is 9.94. The van der Waals surface area contributed by atoms with Crippen LogP contribution >= 0.6 is 11.8 Å². The third-order valence-electron chi connectivity index (χ3n) is 4.30. The molecule has 1 aromatic carbocycles. The first-order chi connectivity index (χ1) is 12.8. The number of ether oxygens (including phenoxy) is 1. The Bertz CT molecular complexity index is 787. The van der Waals surface area contributed by atoms with Gasteiger partial charge in [0.25, 0.3) is 5.91 Å². The lowest BCUT2D eigenvalue weighted by Crippen LogP contribution is -2.43. The molecule has 1 aromatic rings. The summed E-state index contributed by atoms with van der Waals surface area (Å²) >= 11 is 1.63. The second-order valence-corrected chi connectivity index (χ2v) is 9.47. The molecule has 1 aliphatic rings. The molecule has 0 N–H and O–H groups in total. The van der Waals surface area contributed by atoms with Crippen LogP contribution in [-0.4, -0.2) is 62.1 Å². The van der Waals surface area contributed by atoms with E-state index in [4.69, 9.17) is 4.74 Å². The van der Waals surface area contributed by atoms with Crippen LogP contribution in [0.5, 0.6) is 0 Å². The van der Waals surface area contributed by atoms with E-state index in [9.17, 15) is 18.0 Å². The van der Waals surface area contributed by atoms with Gasteiger partial charge in [-0.1, -0.05) is 19.1 Å². The number of carbonyl (C=O) groups excluding carboxylic acids is 2. The Labute approximate surface area is 164 Å². The largest absolute Gasteiger partial charge is 0.452 e. The van der Waals surface area contributed by atoms with Crippen molar-refractivity contribution in [2.45, 2.75) is 30.7 Å². The average molecular weight is 412 g/mol. The predicted octanol–water partition coefficient (Wildman–Crippen LogP) is 2.39. The zero-order valence-electron chi connectivity index (χ0n) is 15.6. The Morgan fingerprint density at radius 3 is 2.56 bits per heavy atom. The molecular weight excluding hydrogens is 386 g/mol. The normalized spacial score (nSPS) is 18.5. The maximum Gasteiger partial charge on any atom is 0.331 e. The number of benzene rings is 1. The zero-order chi connectivity index (χ0) is 19.9. The van der Waals surface area contributed by atoms with Crippen LogP contribution in [0.2, 0.25) is 0 Å². The SMILES string of the molecule is CCCN(C(=O)COC(=O)/C=C/c1ccc(SC)cc1)[C@H]1CCS(=O)(=O)C1. The number of esters is 1. The van der Waals surface area contributed by atoms with Crippen LogP contribution in [0.15, 0.2) is 35.2 Å². The van der Waals surface area contributed by atoms with Gasteiger partial charge in [-0.2, -0.15) is 0 Å². The molecule has 1 aliphatic heterocycles. The van der Waals surface area contributed by atoms with Crippen LogP contribution in [-0.2, 0) is 24.2 Å². The highest BCUT2D eigenvalue weighted by Crippen LogP contribution is 2.18. The second-order valence-electron chi connectivity index (χ2n) is 6.36. The van der Waals surface area contributed by atoms with Crippen molar-refractivity contribution >= 4 is 39.6 Å². The molecule has 0 unspecified atom stereocenters. The number of rotatable bonds is 8. The summed E-state index contributed by atoms with van der Waals surface area (Å²) in [7, 11) is -3.08. The third kappa shape index (κ3) is 6.70. The molecule has 0 bridgehead atoms. The molecule has 0 radical (unpaired) electrons. The Hall–Kier alpha value is -1.80. The van der Waals surface area contributed by atoms with Crippen LogP contribution in [0.3, 0.4) is 0 Å². The van der Waals surface area contributed by atoms with Crippen LogP contribution in [0.25, 0.3) is 6.08 Å². The van der Waals surface area contributed by atoms with E-state index in [0.29, 0.717) is 19.4 Å². The van der Waals surface area contributed by atoms with Gasteiger partial charge in [-0.05, 0) is 42.9 Å². The third-order valence-corrected chi connectivity index (χ3v) is 6.79. The molecule has 148 valence electrons. The summed E-state index contributed by atoms with van der Waals surface area (Å²) in [6.45, 7) is 1.99. The minimum atomic E-state index is -3.08. The van der Waals surface area contributed by atoms with Gasteiger partial charge < -0.3 is 9.64 Å². The van der Waals surface area contributed by atoms with Gasteiger partial charge in [0.05, 0.1) is 11.5 Å². The van der Waals surface area contributed by atoms with Gasteiger partial charge in [-0.25, -0.2) is 13.2 Å². The topological polar surface area (TPSA) is 80.8 Å². The molecule has 1 amide bonds. The summed E-state index contributed by atoms with van der Waals surface area (Å²) in [5.74, 6) is -0.875. The first kappa shape index (κ1) is 21.5. The number of thioether (sulfide) groups is 1. The van der Waals surface area contributed by atoms with Crippen molar-refractivity contribution in [2.24, 2.45) is 0 Å². The Kier molecular flexibility index (Phi) is 7.91. The Balaban J connectivity index is 1.88. The molecule has 0 aromatic heterocycles. The number of nitrogens with zero attached hydrogens (tertiary/aromatic N) is 1. The summed E-state index contributed by atoms with van der Waals surface area (Å²) < 4.78 is 28.4. The molecule has 0 aliphatic carbocycles. The highest BCUT2D eigenvalue weighted by atomic mass is 32.2. The summed E-state index contributed by atoms with van der Waals surface area (Å²) in [5, 5.41) is 0. The van der Waals surface area contributed by atoms with Crippen LogP contribution in [0.4, 0.5) is 0 Å². The van der Waals surface area contributed by atoms with Gasteiger partial charge >= 0.3 is 5.97 Å². The molecule has 0 spiro atoms. The van der Waals surface area contributed by atoms with Crippen molar-refractivity contribution < 1.29 is 22.7 Å². The molecule has 6 nitrogen and oxygen atoms in total. The minimum Gasteiger partial charge on any atom is -0.452 e. The van der Waals surface area contributed by atoms with E-state index in [-0.39, 0.29) is 30.1 Å². The lowest BCUT2D eigenvalue weighted by Gasteiger charge is -2.27. The number of amides is 1. The zero-order valence-corrected chi connectivity index (χ0v) is 17.2. The van der Waals surface area contributed by atoms with Crippen molar-refractivity contribution in [3.8, 4) is 0 Å². The summed E-state index contributed by atoms with van der Waals surface area (Å²) in [5.41, 5.74) is 0.861.